The zero-order valence-electron chi connectivity index (χ0n) is 19.3. The van der Waals surface area contributed by atoms with Crippen molar-refractivity contribution in [3.05, 3.63) is 24.0 Å². The van der Waals surface area contributed by atoms with E-state index in [1.54, 1.807) is 12.3 Å². The van der Waals surface area contributed by atoms with Crippen LogP contribution in [0.5, 0.6) is 0 Å². The van der Waals surface area contributed by atoms with Crippen LogP contribution in [0.4, 0.5) is 10.6 Å². The van der Waals surface area contributed by atoms with E-state index in [2.05, 4.69) is 30.7 Å². The fraction of sp³-hybridized carbons (Fsp3) is 0.591. The van der Waals surface area contributed by atoms with Crippen LogP contribution < -0.4 is 4.90 Å². The van der Waals surface area contributed by atoms with E-state index in [-0.39, 0.29) is 0 Å². The number of carboxylic acid groups (broad SMARTS) is 1. The fourth-order valence-electron chi connectivity index (χ4n) is 3.99. The molecule has 32 heavy (non-hydrogen) atoms. The lowest BCUT2D eigenvalue weighted by atomic mass is 9.91. The molecule has 0 aromatic carbocycles. The van der Waals surface area contributed by atoms with Gasteiger partial charge in [-0.1, -0.05) is 25.7 Å². The minimum atomic E-state index is -1.18. The lowest BCUT2D eigenvalue weighted by Gasteiger charge is -2.30. The molecule has 1 spiro atoms. The van der Waals surface area contributed by atoms with Crippen LogP contribution in [0.2, 0.25) is 25.7 Å². The molecule has 1 N–H and O–H groups in total. The van der Waals surface area contributed by atoms with Crippen molar-refractivity contribution in [2.24, 2.45) is 0 Å². The van der Waals surface area contributed by atoms with E-state index in [1.807, 2.05) is 4.68 Å². The maximum Gasteiger partial charge on any atom is 0.412 e. The maximum absolute atomic E-state index is 11.4. The quantitative estimate of drug-likeness (QED) is 0.489. The summed E-state index contributed by atoms with van der Waals surface area (Å²) in [5.41, 5.74) is 2.77. The molecule has 1 fully saturated rings. The van der Waals surface area contributed by atoms with Crippen LogP contribution in [0.15, 0.2) is 18.3 Å². The van der Waals surface area contributed by atoms with Gasteiger partial charge in [-0.25, -0.2) is 14.5 Å². The van der Waals surface area contributed by atoms with E-state index in [0.717, 1.165) is 46.0 Å². The predicted molar refractivity (Wildman–Crippen MR) is 125 cm³/mol. The zero-order valence-corrected chi connectivity index (χ0v) is 20.3. The first-order valence-corrected chi connectivity index (χ1v) is 14.8. The average Bonchev–Trinajstić information content (AvgIpc) is 3.35. The number of ether oxygens (including phenoxy) is 3. The second-order valence-electron chi connectivity index (χ2n) is 9.64. The second-order valence-corrected chi connectivity index (χ2v) is 15.3. The molecule has 9 nitrogen and oxygen atoms in total. The topological polar surface area (TPSA) is 98.9 Å². The number of rotatable bonds is 7. The summed E-state index contributed by atoms with van der Waals surface area (Å²) in [6, 6.07) is 2.87. The molecule has 0 bridgehead atoms. The molecule has 0 unspecified atom stereocenters. The van der Waals surface area contributed by atoms with Crippen LogP contribution in [-0.2, 0) is 20.9 Å². The largest absolute Gasteiger partial charge is 0.465 e. The van der Waals surface area contributed by atoms with Crippen molar-refractivity contribution in [3.8, 4) is 0 Å². The molecular weight excluding hydrogens is 428 g/mol. The Morgan fingerprint density at radius 3 is 2.72 bits per heavy atom. The number of allylic oxidation sites excluding steroid dienone is 1. The molecule has 1 amide bonds. The highest BCUT2D eigenvalue weighted by atomic mass is 28.3. The van der Waals surface area contributed by atoms with E-state index >= 15 is 0 Å². The monoisotopic (exact) mass is 460 g/mol. The van der Waals surface area contributed by atoms with Gasteiger partial charge in [-0.05, 0) is 24.1 Å². The Morgan fingerprint density at radius 1 is 1.34 bits per heavy atom. The van der Waals surface area contributed by atoms with Gasteiger partial charge in [-0.15, -0.1) is 0 Å². The van der Waals surface area contributed by atoms with E-state index in [0.29, 0.717) is 38.8 Å². The number of anilines is 1. The molecule has 1 aliphatic heterocycles. The summed E-state index contributed by atoms with van der Waals surface area (Å²) in [4.78, 5) is 16.9. The number of fused-ring (bicyclic) bond motifs is 1. The van der Waals surface area contributed by atoms with E-state index < -0.39 is 20.0 Å². The first kappa shape index (κ1) is 22.9. The summed E-state index contributed by atoms with van der Waals surface area (Å²) in [6.07, 6.45) is 4.97. The Balaban J connectivity index is 1.64. The van der Waals surface area contributed by atoms with Crippen molar-refractivity contribution >= 4 is 36.5 Å². The van der Waals surface area contributed by atoms with Crippen LogP contribution in [0, 0.1) is 0 Å². The summed E-state index contributed by atoms with van der Waals surface area (Å²) in [5, 5.41) is 15.1. The third-order valence-electron chi connectivity index (χ3n) is 6.02. The SMILES string of the molecule is CN(C(=O)O)c1cc2c(C3=CCC4(CC3)OCCO4)nn(COCC[Si](C)(C)C)c2cn1. The first-order valence-electron chi connectivity index (χ1n) is 11.1. The molecule has 0 radical (unpaired) electrons. The summed E-state index contributed by atoms with van der Waals surface area (Å²) in [6.45, 7) is 9.25. The number of hydrogen-bond acceptors (Lipinski definition) is 6. The van der Waals surface area contributed by atoms with Gasteiger partial charge >= 0.3 is 6.09 Å². The Kier molecular flexibility index (Phi) is 6.39. The third kappa shape index (κ3) is 4.88. The van der Waals surface area contributed by atoms with Crippen molar-refractivity contribution in [2.75, 3.05) is 31.8 Å². The Morgan fingerprint density at radius 2 is 2.09 bits per heavy atom. The number of carbonyl (C=O) groups is 1. The maximum atomic E-state index is 11.4. The Labute approximate surface area is 189 Å². The zero-order chi connectivity index (χ0) is 22.9. The molecule has 2 aliphatic rings. The van der Waals surface area contributed by atoms with Gasteiger partial charge in [0.1, 0.15) is 12.5 Å². The van der Waals surface area contributed by atoms with Crippen LogP contribution in [-0.4, -0.2) is 66.7 Å². The summed E-state index contributed by atoms with van der Waals surface area (Å²) in [5.74, 6) is -0.140. The van der Waals surface area contributed by atoms with Gasteiger partial charge in [0.2, 0.25) is 0 Å². The van der Waals surface area contributed by atoms with Crippen LogP contribution in [0.3, 0.4) is 0 Å². The Bertz CT molecular complexity index is 1020. The summed E-state index contributed by atoms with van der Waals surface area (Å²) >= 11 is 0. The van der Waals surface area contributed by atoms with Gasteiger partial charge in [0.05, 0.1) is 30.6 Å². The van der Waals surface area contributed by atoms with Crippen LogP contribution in [0.25, 0.3) is 16.5 Å². The summed E-state index contributed by atoms with van der Waals surface area (Å²) < 4.78 is 19.4. The molecule has 10 heteroatoms. The summed E-state index contributed by atoms with van der Waals surface area (Å²) in [7, 11) is 0.306. The van der Waals surface area contributed by atoms with Gasteiger partial charge in [-0.2, -0.15) is 5.10 Å². The lowest BCUT2D eigenvalue weighted by Crippen LogP contribution is -2.31. The van der Waals surface area contributed by atoms with Crippen molar-refractivity contribution in [3.63, 3.8) is 0 Å². The molecular formula is C22H32N4O5Si. The van der Waals surface area contributed by atoms with Crippen molar-refractivity contribution in [1.29, 1.82) is 0 Å². The molecule has 174 valence electrons. The molecule has 3 heterocycles. The van der Waals surface area contributed by atoms with Gasteiger partial charge in [0.25, 0.3) is 0 Å². The smallest absolute Gasteiger partial charge is 0.412 e. The van der Waals surface area contributed by atoms with Crippen molar-refractivity contribution in [1.82, 2.24) is 14.8 Å². The minimum Gasteiger partial charge on any atom is -0.465 e. The molecule has 0 atom stereocenters. The molecule has 1 saturated heterocycles. The Hall–Kier alpha value is -2.27. The molecule has 1 aliphatic carbocycles. The molecule has 2 aromatic rings. The van der Waals surface area contributed by atoms with Gasteiger partial charge in [0, 0.05) is 40.0 Å². The van der Waals surface area contributed by atoms with Crippen LogP contribution >= 0.6 is 0 Å². The highest BCUT2D eigenvalue weighted by Crippen LogP contribution is 2.39. The number of nitrogens with zero attached hydrogens (tertiary/aromatic N) is 4. The van der Waals surface area contributed by atoms with Gasteiger partial charge < -0.3 is 19.3 Å². The minimum absolute atomic E-state index is 0.334. The predicted octanol–water partition coefficient (Wildman–Crippen LogP) is 4.17. The highest BCUT2D eigenvalue weighted by molar-refractivity contribution is 6.76. The van der Waals surface area contributed by atoms with Crippen molar-refractivity contribution in [2.45, 2.75) is 57.5 Å². The molecule has 4 rings (SSSR count). The van der Waals surface area contributed by atoms with E-state index in [9.17, 15) is 9.90 Å². The molecule has 0 saturated carbocycles. The number of pyridine rings is 1. The van der Waals surface area contributed by atoms with Crippen molar-refractivity contribution < 1.29 is 24.1 Å². The number of aromatic nitrogens is 3. The van der Waals surface area contributed by atoms with Crippen LogP contribution in [0.1, 0.15) is 25.0 Å². The first-order chi connectivity index (χ1) is 15.2. The standard InChI is InChI=1S/C22H32N4O5Si/c1-25(21(27)28)19-13-17-18(14-23-19)26(15-29-11-12-32(2,3)4)24-20(17)16-5-7-22(8-6-16)30-9-10-31-22/h5,13-14H,6-12,15H2,1-4H3,(H,27,28). The van der Waals surface area contributed by atoms with E-state index in [4.69, 9.17) is 19.3 Å². The lowest BCUT2D eigenvalue weighted by molar-refractivity contribution is -0.159. The number of hydrogen-bond donors (Lipinski definition) is 1. The highest BCUT2D eigenvalue weighted by Gasteiger charge is 2.38. The van der Waals surface area contributed by atoms with Gasteiger partial charge in [0.15, 0.2) is 5.79 Å². The van der Waals surface area contributed by atoms with E-state index in [1.165, 1.54) is 7.05 Å². The second kappa shape index (κ2) is 8.93. The fourth-order valence-corrected chi connectivity index (χ4v) is 4.75. The normalized spacial score (nSPS) is 18.3. The average molecular weight is 461 g/mol. The van der Waals surface area contributed by atoms with Gasteiger partial charge in [-0.3, -0.25) is 4.90 Å². The number of amides is 1. The molecule has 2 aromatic heterocycles. The third-order valence-corrected chi connectivity index (χ3v) is 7.72.